The van der Waals surface area contributed by atoms with Crippen molar-refractivity contribution in [1.82, 2.24) is 10.3 Å². The van der Waals surface area contributed by atoms with Gasteiger partial charge in [0, 0.05) is 18.8 Å². The van der Waals surface area contributed by atoms with Crippen molar-refractivity contribution < 1.29 is 0 Å². The summed E-state index contributed by atoms with van der Waals surface area (Å²) in [5.74, 6) is 0.517. The highest BCUT2D eigenvalue weighted by Crippen LogP contribution is 2.40. The topological polar surface area (TPSA) is 28.2 Å². The summed E-state index contributed by atoms with van der Waals surface area (Å²) in [6, 6.07) is 4.44. The van der Waals surface area contributed by atoms with Gasteiger partial charge in [0.25, 0.3) is 0 Å². The third-order valence-electron chi connectivity index (χ3n) is 5.22. The summed E-state index contributed by atoms with van der Waals surface area (Å²) < 4.78 is 0. The molecule has 0 aromatic carbocycles. The van der Waals surface area contributed by atoms with Crippen molar-refractivity contribution in [3.05, 3.63) is 24.0 Å². The molecule has 0 atom stereocenters. The van der Waals surface area contributed by atoms with Crippen LogP contribution >= 0.6 is 0 Å². The van der Waals surface area contributed by atoms with Crippen LogP contribution in [0.1, 0.15) is 51.1 Å². The monoisotopic (exact) mass is 273 g/mol. The second kappa shape index (κ2) is 5.72. The first-order valence-electron chi connectivity index (χ1n) is 8.10. The van der Waals surface area contributed by atoms with Gasteiger partial charge < -0.3 is 10.2 Å². The first-order chi connectivity index (χ1) is 9.69. The molecule has 110 valence electrons. The van der Waals surface area contributed by atoms with E-state index >= 15 is 0 Å². The van der Waals surface area contributed by atoms with Gasteiger partial charge in [0.1, 0.15) is 0 Å². The van der Waals surface area contributed by atoms with Gasteiger partial charge >= 0.3 is 0 Å². The lowest BCUT2D eigenvalue weighted by Crippen LogP contribution is -2.45. The molecular weight excluding hydrogens is 246 g/mol. The standard InChI is InChI=1S/C17H27N3/c1-14(2)16-4-3-15(13-19-16)20-11-7-17(8-12-20)5-9-18-10-6-17/h3-4,13-14,18H,5-12H2,1-2H3. The molecule has 1 aromatic rings. The summed E-state index contributed by atoms with van der Waals surface area (Å²) in [4.78, 5) is 7.12. The zero-order valence-corrected chi connectivity index (χ0v) is 12.9. The fourth-order valence-electron chi connectivity index (χ4n) is 3.62. The lowest BCUT2D eigenvalue weighted by atomic mass is 9.71. The minimum Gasteiger partial charge on any atom is -0.370 e. The van der Waals surface area contributed by atoms with Gasteiger partial charge in [0.05, 0.1) is 11.9 Å². The summed E-state index contributed by atoms with van der Waals surface area (Å²) in [6.07, 6.45) is 7.49. The molecule has 1 spiro atoms. The van der Waals surface area contributed by atoms with Gasteiger partial charge in [-0.1, -0.05) is 13.8 Å². The summed E-state index contributed by atoms with van der Waals surface area (Å²) in [5.41, 5.74) is 3.13. The Balaban J connectivity index is 1.62. The molecule has 0 bridgehead atoms. The van der Waals surface area contributed by atoms with Crippen LogP contribution < -0.4 is 10.2 Å². The fraction of sp³-hybridized carbons (Fsp3) is 0.706. The zero-order valence-electron chi connectivity index (χ0n) is 12.9. The van der Waals surface area contributed by atoms with Gasteiger partial charge in [-0.05, 0) is 62.2 Å². The van der Waals surface area contributed by atoms with Crippen molar-refractivity contribution in [2.75, 3.05) is 31.1 Å². The van der Waals surface area contributed by atoms with E-state index in [9.17, 15) is 0 Å². The molecular formula is C17H27N3. The average molecular weight is 273 g/mol. The Labute approximate surface area is 122 Å². The van der Waals surface area contributed by atoms with E-state index in [0.717, 1.165) is 0 Å². The van der Waals surface area contributed by atoms with Crippen molar-refractivity contribution in [1.29, 1.82) is 0 Å². The van der Waals surface area contributed by atoms with Crippen molar-refractivity contribution in [2.24, 2.45) is 5.41 Å². The summed E-state index contributed by atoms with van der Waals surface area (Å²) in [6.45, 7) is 9.22. The van der Waals surface area contributed by atoms with E-state index in [1.807, 2.05) is 0 Å². The Bertz CT molecular complexity index is 422. The number of rotatable bonds is 2. The van der Waals surface area contributed by atoms with Crippen molar-refractivity contribution in [3.8, 4) is 0 Å². The molecule has 1 aromatic heterocycles. The average Bonchev–Trinajstić information content (AvgIpc) is 2.49. The predicted octanol–water partition coefficient (Wildman–Crippen LogP) is 3.18. The third kappa shape index (κ3) is 2.83. The first kappa shape index (κ1) is 13.9. The molecule has 3 rings (SSSR count). The molecule has 3 heterocycles. The number of nitrogens with zero attached hydrogens (tertiary/aromatic N) is 2. The van der Waals surface area contributed by atoms with Gasteiger partial charge in [-0.3, -0.25) is 4.98 Å². The number of nitrogens with one attached hydrogen (secondary N) is 1. The number of piperidine rings is 2. The fourth-order valence-corrected chi connectivity index (χ4v) is 3.62. The van der Waals surface area contributed by atoms with Crippen LogP contribution in [0.3, 0.4) is 0 Å². The molecule has 20 heavy (non-hydrogen) atoms. The van der Waals surface area contributed by atoms with Crippen LogP contribution in [0, 0.1) is 5.41 Å². The molecule has 0 aliphatic carbocycles. The highest BCUT2D eigenvalue weighted by molar-refractivity contribution is 5.45. The summed E-state index contributed by atoms with van der Waals surface area (Å²) >= 11 is 0. The molecule has 2 saturated heterocycles. The molecule has 0 unspecified atom stereocenters. The molecule has 1 N–H and O–H groups in total. The van der Waals surface area contributed by atoms with E-state index in [2.05, 4.69) is 47.4 Å². The van der Waals surface area contributed by atoms with E-state index in [-0.39, 0.29) is 0 Å². The van der Waals surface area contributed by atoms with E-state index in [0.29, 0.717) is 11.3 Å². The SMILES string of the molecule is CC(C)c1ccc(N2CCC3(CCNCC3)CC2)cn1. The summed E-state index contributed by atoms with van der Waals surface area (Å²) in [7, 11) is 0. The second-order valence-electron chi connectivity index (χ2n) is 6.83. The maximum atomic E-state index is 4.61. The smallest absolute Gasteiger partial charge is 0.0552 e. The number of anilines is 1. The molecule has 0 saturated carbocycles. The van der Waals surface area contributed by atoms with Crippen molar-refractivity contribution in [3.63, 3.8) is 0 Å². The number of pyridine rings is 1. The van der Waals surface area contributed by atoms with Gasteiger partial charge in [-0.15, -0.1) is 0 Å². The zero-order chi connectivity index (χ0) is 14.0. The third-order valence-corrected chi connectivity index (χ3v) is 5.22. The molecule has 0 amide bonds. The minimum absolute atomic E-state index is 0.517. The van der Waals surface area contributed by atoms with E-state index in [4.69, 9.17) is 0 Å². The van der Waals surface area contributed by atoms with Crippen LogP contribution in [0.2, 0.25) is 0 Å². The second-order valence-corrected chi connectivity index (χ2v) is 6.83. The van der Waals surface area contributed by atoms with Crippen molar-refractivity contribution in [2.45, 2.75) is 45.4 Å². The molecule has 0 radical (unpaired) electrons. The first-order valence-corrected chi connectivity index (χ1v) is 8.10. The van der Waals surface area contributed by atoms with Crippen LogP contribution in [-0.4, -0.2) is 31.2 Å². The normalized spacial score (nSPS) is 22.4. The largest absolute Gasteiger partial charge is 0.370 e. The maximum Gasteiger partial charge on any atom is 0.0552 e. The lowest BCUT2D eigenvalue weighted by Gasteiger charge is -2.45. The van der Waals surface area contributed by atoms with Gasteiger partial charge in [-0.2, -0.15) is 0 Å². The molecule has 2 fully saturated rings. The van der Waals surface area contributed by atoms with E-state index in [1.54, 1.807) is 0 Å². The lowest BCUT2D eigenvalue weighted by molar-refractivity contribution is 0.155. The van der Waals surface area contributed by atoms with Gasteiger partial charge in [0.2, 0.25) is 0 Å². The van der Waals surface area contributed by atoms with Crippen LogP contribution in [0.15, 0.2) is 18.3 Å². The maximum absolute atomic E-state index is 4.61. The number of hydrogen-bond acceptors (Lipinski definition) is 3. The van der Waals surface area contributed by atoms with Crippen LogP contribution in [0.4, 0.5) is 5.69 Å². The predicted molar refractivity (Wildman–Crippen MR) is 84.3 cm³/mol. The molecule has 3 heteroatoms. The molecule has 2 aliphatic rings. The van der Waals surface area contributed by atoms with Crippen LogP contribution in [0.25, 0.3) is 0 Å². The van der Waals surface area contributed by atoms with Gasteiger partial charge in [0.15, 0.2) is 0 Å². The number of aromatic nitrogens is 1. The molecule has 3 nitrogen and oxygen atoms in total. The quantitative estimate of drug-likeness (QED) is 0.897. The van der Waals surface area contributed by atoms with Crippen LogP contribution in [0.5, 0.6) is 0 Å². The minimum atomic E-state index is 0.517. The molecule has 2 aliphatic heterocycles. The van der Waals surface area contributed by atoms with E-state index in [1.165, 1.54) is 63.2 Å². The Morgan fingerprint density at radius 2 is 1.80 bits per heavy atom. The highest BCUT2D eigenvalue weighted by atomic mass is 15.1. The highest BCUT2D eigenvalue weighted by Gasteiger charge is 2.35. The van der Waals surface area contributed by atoms with Crippen LogP contribution in [-0.2, 0) is 0 Å². The Morgan fingerprint density at radius 3 is 2.35 bits per heavy atom. The Kier molecular flexibility index (Phi) is 3.97. The Hall–Kier alpha value is -1.09. The Morgan fingerprint density at radius 1 is 1.10 bits per heavy atom. The summed E-state index contributed by atoms with van der Waals surface area (Å²) in [5, 5.41) is 3.49. The van der Waals surface area contributed by atoms with E-state index < -0.39 is 0 Å². The van der Waals surface area contributed by atoms with Crippen molar-refractivity contribution >= 4 is 5.69 Å². The van der Waals surface area contributed by atoms with Gasteiger partial charge in [-0.25, -0.2) is 0 Å². The number of hydrogen-bond donors (Lipinski definition) is 1.